The maximum atomic E-state index is 15.4. The van der Waals surface area contributed by atoms with Crippen molar-refractivity contribution in [3.8, 4) is 16.9 Å². The van der Waals surface area contributed by atoms with Crippen LogP contribution in [0.3, 0.4) is 0 Å². The van der Waals surface area contributed by atoms with Gasteiger partial charge >= 0.3 is 5.69 Å². The third-order valence-corrected chi connectivity index (χ3v) is 7.70. The second-order valence-corrected chi connectivity index (χ2v) is 10.8. The summed E-state index contributed by atoms with van der Waals surface area (Å²) in [7, 11) is 0. The van der Waals surface area contributed by atoms with E-state index in [4.69, 9.17) is 20.7 Å². The van der Waals surface area contributed by atoms with Gasteiger partial charge in [-0.25, -0.2) is 18.7 Å². The van der Waals surface area contributed by atoms with Crippen molar-refractivity contribution in [1.82, 2.24) is 24.4 Å². The molecule has 10 heteroatoms. The van der Waals surface area contributed by atoms with Crippen molar-refractivity contribution in [2.75, 3.05) is 24.5 Å². The molecular formula is C32H32ClFN6O2. The molecule has 1 saturated heterocycles. The molecule has 0 saturated carbocycles. The lowest BCUT2D eigenvalue weighted by Gasteiger charge is -2.40. The number of pyridine rings is 2. The second-order valence-electron chi connectivity index (χ2n) is 10.4. The van der Waals surface area contributed by atoms with Crippen LogP contribution in [0, 0.1) is 12.7 Å². The largest absolute Gasteiger partial charge is 0.355 e. The number of piperazine rings is 1. The molecule has 0 aliphatic carbocycles. The highest BCUT2D eigenvalue weighted by Gasteiger charge is 2.30. The minimum absolute atomic E-state index is 0.0277. The molecule has 1 aliphatic rings. The lowest BCUT2D eigenvalue weighted by Crippen LogP contribution is -2.54. The van der Waals surface area contributed by atoms with Gasteiger partial charge in [0.1, 0.15) is 11.6 Å². The highest BCUT2D eigenvalue weighted by atomic mass is 35.5. The van der Waals surface area contributed by atoms with E-state index in [1.807, 2.05) is 25.7 Å². The number of anilines is 1. The Balaban J connectivity index is 1.90. The molecule has 1 aliphatic heterocycles. The first-order valence-electron chi connectivity index (χ1n) is 15.0. The monoisotopic (exact) mass is 589 g/mol. The van der Waals surface area contributed by atoms with Crippen LogP contribution in [-0.2, 0) is 4.79 Å². The van der Waals surface area contributed by atoms with E-state index in [9.17, 15) is 9.59 Å². The Hall–Kier alpha value is -4.37. The van der Waals surface area contributed by atoms with Gasteiger partial charge in [0.15, 0.2) is 5.65 Å². The van der Waals surface area contributed by atoms with Crippen LogP contribution in [0.1, 0.15) is 47.6 Å². The number of fused-ring (bicyclic) bond motifs is 1. The zero-order chi connectivity index (χ0) is 32.8. The van der Waals surface area contributed by atoms with Gasteiger partial charge in [0.25, 0.3) is 0 Å². The van der Waals surface area contributed by atoms with Crippen LogP contribution in [0.25, 0.3) is 34.1 Å². The van der Waals surface area contributed by atoms with Gasteiger partial charge in [-0.3, -0.25) is 9.78 Å². The predicted molar refractivity (Wildman–Crippen MR) is 166 cm³/mol. The number of hydrogen-bond acceptors (Lipinski definition) is 6. The van der Waals surface area contributed by atoms with Crippen molar-refractivity contribution in [2.24, 2.45) is 0 Å². The number of carbonyl (C=O) groups excluding carboxylic acids is 1. The predicted octanol–water partition coefficient (Wildman–Crippen LogP) is 5.93. The van der Waals surface area contributed by atoms with Crippen molar-refractivity contribution >= 4 is 40.4 Å². The van der Waals surface area contributed by atoms with E-state index in [-0.39, 0.29) is 56.9 Å². The summed E-state index contributed by atoms with van der Waals surface area (Å²) in [4.78, 5) is 43.8. The van der Waals surface area contributed by atoms with Crippen LogP contribution in [-0.4, -0.2) is 56.0 Å². The Bertz CT molecular complexity index is 1910. The van der Waals surface area contributed by atoms with Crippen molar-refractivity contribution in [1.29, 1.82) is 0 Å². The molecule has 1 atom stereocenters. The molecule has 1 aromatic carbocycles. The Morgan fingerprint density at radius 3 is 2.69 bits per heavy atom. The van der Waals surface area contributed by atoms with Crippen molar-refractivity contribution in [3.63, 3.8) is 0 Å². The lowest BCUT2D eigenvalue weighted by atomic mass is 10.0. The number of benzene rings is 1. The highest BCUT2D eigenvalue weighted by Crippen LogP contribution is 2.37. The first-order valence-corrected chi connectivity index (χ1v) is 13.9. The normalized spacial score (nSPS) is 16.7. The van der Waals surface area contributed by atoms with Crippen LogP contribution in [0.2, 0.25) is 5.02 Å². The number of nitrogens with zero attached hydrogens (tertiary/aromatic N) is 6. The molecule has 42 heavy (non-hydrogen) atoms. The maximum Gasteiger partial charge on any atom is 0.355 e. The maximum absolute atomic E-state index is 15.4. The molecule has 0 N–H and O–H groups in total. The Morgan fingerprint density at radius 1 is 1.24 bits per heavy atom. The van der Waals surface area contributed by atoms with Crippen LogP contribution in [0.4, 0.5) is 10.2 Å². The first-order chi connectivity index (χ1) is 21.3. The molecule has 5 rings (SSSR count). The first kappa shape index (κ1) is 25.3. The van der Waals surface area contributed by atoms with Gasteiger partial charge in [0, 0.05) is 41.5 Å². The van der Waals surface area contributed by atoms with E-state index in [1.54, 1.807) is 17.0 Å². The minimum atomic E-state index is -2.62. The van der Waals surface area contributed by atoms with Gasteiger partial charge in [-0.15, -0.1) is 0 Å². The number of carbonyl (C=O) groups is 1. The van der Waals surface area contributed by atoms with E-state index in [0.29, 0.717) is 36.3 Å². The highest BCUT2D eigenvalue weighted by molar-refractivity contribution is 6.34. The van der Waals surface area contributed by atoms with Crippen LogP contribution < -0.4 is 10.6 Å². The molecule has 4 aromatic rings. The molecular weight excluding hydrogens is 555 g/mol. The van der Waals surface area contributed by atoms with Crippen molar-refractivity contribution in [2.45, 2.75) is 39.6 Å². The molecule has 3 aromatic heterocycles. The molecule has 8 nitrogen and oxygen atoms in total. The smallest absolute Gasteiger partial charge is 0.350 e. The van der Waals surface area contributed by atoms with Crippen LogP contribution in [0.5, 0.6) is 0 Å². The summed E-state index contributed by atoms with van der Waals surface area (Å²) in [6.45, 7) is 11.3. The summed E-state index contributed by atoms with van der Waals surface area (Å²) in [5.74, 6) is -0.839. The fraction of sp³-hybridized carbons (Fsp3) is 0.281. The third kappa shape index (κ3) is 4.98. The second kappa shape index (κ2) is 11.5. The lowest BCUT2D eigenvalue weighted by molar-refractivity contribution is -0.126. The number of hydrogen-bond donors (Lipinski definition) is 0. The summed E-state index contributed by atoms with van der Waals surface area (Å²) in [6, 6.07) is 7.11. The summed E-state index contributed by atoms with van der Waals surface area (Å²) in [6.07, 6.45) is 4.13. The molecule has 4 heterocycles. The van der Waals surface area contributed by atoms with Crippen molar-refractivity contribution < 1.29 is 13.3 Å². The Labute approximate surface area is 253 Å². The summed E-state index contributed by atoms with van der Waals surface area (Å²) in [5.41, 5.74) is 0.0517. The van der Waals surface area contributed by atoms with Gasteiger partial charge in [-0.05, 0) is 55.1 Å². The SMILES string of the molecule is [2H]C([2H])([2H])c1ccnc(C(C)C)c1-n1c(=O)nc(N2CCN(C(=O)C=C)C[C@@H]2C)c2cc(Cl)c(-c3c(F)cccc3C=C)nc21. The van der Waals surface area contributed by atoms with Gasteiger partial charge in [-0.2, -0.15) is 4.98 Å². The number of aryl methyl sites for hydroxylation is 1. The average Bonchev–Trinajstić information content (AvgIpc) is 2.99. The zero-order valence-electron chi connectivity index (χ0n) is 26.6. The number of rotatable bonds is 6. The van der Waals surface area contributed by atoms with Crippen LogP contribution >= 0.6 is 11.6 Å². The Kier molecular flexibility index (Phi) is 6.93. The zero-order valence-corrected chi connectivity index (χ0v) is 24.3. The van der Waals surface area contributed by atoms with E-state index in [1.165, 1.54) is 36.5 Å². The average molecular weight is 590 g/mol. The summed E-state index contributed by atoms with van der Waals surface area (Å²) in [5, 5.41) is 0.425. The van der Waals surface area contributed by atoms with Gasteiger partial charge in [0.2, 0.25) is 5.91 Å². The molecule has 1 fully saturated rings. The molecule has 1 amide bonds. The van der Waals surface area contributed by atoms with Gasteiger partial charge < -0.3 is 9.80 Å². The number of aromatic nitrogens is 4. The number of halogens is 2. The standard InChI is InChI=1S/C32H32ClFN6O2/c1-7-21-10-9-11-24(34)26(21)28-23(33)16-22-30(39-15-14-38(17-20(39)6)25(41)8-2)37-32(42)40(31(22)36-28)29-19(5)12-13-35-27(29)18(3)4/h7-13,16,18,20H,1-2,14-15,17H2,3-6H3/t20-/m0/s1/i5D3. The fourth-order valence-electron chi connectivity index (χ4n) is 5.39. The summed E-state index contributed by atoms with van der Waals surface area (Å²) < 4.78 is 41.4. The molecule has 0 spiro atoms. The van der Waals surface area contributed by atoms with E-state index >= 15 is 4.39 Å². The molecule has 0 unspecified atom stereocenters. The van der Waals surface area contributed by atoms with E-state index in [0.717, 1.165) is 4.57 Å². The van der Waals surface area contributed by atoms with E-state index in [2.05, 4.69) is 23.1 Å². The summed E-state index contributed by atoms with van der Waals surface area (Å²) >= 11 is 6.83. The van der Waals surface area contributed by atoms with Gasteiger partial charge in [0.05, 0.1) is 27.5 Å². The third-order valence-electron chi connectivity index (χ3n) is 7.41. The number of amides is 1. The molecule has 216 valence electrons. The Morgan fingerprint density at radius 2 is 2.02 bits per heavy atom. The van der Waals surface area contributed by atoms with Crippen molar-refractivity contribution in [3.05, 3.63) is 93.9 Å². The molecule has 0 radical (unpaired) electrons. The fourth-order valence-corrected chi connectivity index (χ4v) is 5.64. The minimum Gasteiger partial charge on any atom is -0.350 e. The quantitative estimate of drug-likeness (QED) is 0.259. The van der Waals surface area contributed by atoms with Gasteiger partial charge in [-0.1, -0.05) is 56.8 Å². The van der Waals surface area contributed by atoms with E-state index < -0.39 is 18.4 Å². The topological polar surface area (TPSA) is 84.2 Å². The van der Waals surface area contributed by atoms with Crippen LogP contribution in [0.15, 0.2) is 60.6 Å². The molecule has 0 bridgehead atoms.